The van der Waals surface area contributed by atoms with Gasteiger partial charge in [0.05, 0.1) is 0 Å². The summed E-state index contributed by atoms with van der Waals surface area (Å²) in [6.07, 6.45) is 0. The molecule has 2 nitrogen and oxygen atoms in total. The van der Waals surface area contributed by atoms with Gasteiger partial charge in [0.2, 0.25) is 0 Å². The summed E-state index contributed by atoms with van der Waals surface area (Å²) in [6, 6.07) is 86.5. The van der Waals surface area contributed by atoms with Gasteiger partial charge in [-0.1, -0.05) is 193 Å². The summed E-state index contributed by atoms with van der Waals surface area (Å²) in [6.45, 7) is 14.3. The molecule has 0 aliphatic heterocycles. The van der Waals surface area contributed by atoms with E-state index in [9.17, 15) is 0 Å². The van der Waals surface area contributed by atoms with Gasteiger partial charge in [0.25, 0.3) is 0 Å². The molecule has 0 radical (unpaired) electrons. The minimum absolute atomic E-state index is 0.102. The molecule has 3 aliphatic rings. The van der Waals surface area contributed by atoms with Gasteiger partial charge in [-0.3, -0.25) is 0 Å². The van der Waals surface area contributed by atoms with Gasteiger partial charge in [-0.05, 0) is 178 Å². The number of fused-ring (bicyclic) bond motifs is 12. The molecule has 0 heterocycles. The molecule has 0 saturated carbocycles. The number of hydrogen-bond acceptors (Lipinski definition) is 2. The molecule has 11 aromatic rings. The lowest BCUT2D eigenvalue weighted by atomic mass is 9.80. The quantitative estimate of drug-likeness (QED) is 0.157. The van der Waals surface area contributed by atoms with Crippen molar-refractivity contribution in [2.75, 3.05) is 9.80 Å². The fourth-order valence-corrected chi connectivity index (χ4v) is 13.2. The molecule has 11 aromatic carbocycles. The van der Waals surface area contributed by atoms with Crippen molar-refractivity contribution in [1.82, 2.24) is 0 Å². The Kier molecular flexibility index (Phi) is 9.36. The van der Waals surface area contributed by atoms with Gasteiger partial charge in [0, 0.05) is 50.4 Å². The number of nitrogens with zero attached hydrogens (tertiary/aromatic N) is 2. The number of rotatable bonds is 7. The molecular weight excluding hydrogens is 881 g/mol. The maximum atomic E-state index is 2.50. The van der Waals surface area contributed by atoms with Crippen LogP contribution in [0.1, 0.15) is 74.9 Å². The second-order valence-corrected chi connectivity index (χ2v) is 22.1. The van der Waals surface area contributed by atoms with Crippen LogP contribution in [0.25, 0.3) is 66.1 Å². The van der Waals surface area contributed by atoms with Crippen LogP contribution in [0.5, 0.6) is 0 Å². The van der Waals surface area contributed by atoms with Gasteiger partial charge in [-0.25, -0.2) is 0 Å². The van der Waals surface area contributed by atoms with E-state index in [-0.39, 0.29) is 16.2 Å². The Morgan fingerprint density at radius 2 is 0.658 bits per heavy atom. The lowest BCUT2D eigenvalue weighted by molar-refractivity contribution is 0.660. The van der Waals surface area contributed by atoms with Gasteiger partial charge in [-0.15, -0.1) is 0 Å². The van der Waals surface area contributed by atoms with Crippen LogP contribution in [0, 0.1) is 0 Å². The molecule has 3 aliphatic carbocycles. The summed E-state index contributed by atoms with van der Waals surface area (Å²) in [5.41, 5.74) is 25.1. The summed E-state index contributed by atoms with van der Waals surface area (Å²) >= 11 is 0. The third-order valence-corrected chi connectivity index (χ3v) is 17.0. The smallest absolute Gasteiger partial charge is 0.0468 e. The largest absolute Gasteiger partial charge is 0.310 e. The Morgan fingerprint density at radius 3 is 1.26 bits per heavy atom. The zero-order valence-electron chi connectivity index (χ0n) is 42.3. The highest BCUT2D eigenvalue weighted by molar-refractivity contribution is 6.09. The molecule has 0 aromatic heterocycles. The van der Waals surface area contributed by atoms with Crippen LogP contribution in [0.15, 0.2) is 231 Å². The molecule has 2 heteroatoms. The van der Waals surface area contributed by atoms with Crippen LogP contribution in [0.2, 0.25) is 0 Å². The Balaban J connectivity index is 0.867. The van der Waals surface area contributed by atoms with Crippen LogP contribution in [0.4, 0.5) is 34.1 Å². The topological polar surface area (TPSA) is 6.48 Å². The van der Waals surface area contributed by atoms with E-state index in [4.69, 9.17) is 0 Å². The van der Waals surface area contributed by atoms with Gasteiger partial charge >= 0.3 is 0 Å². The minimum atomic E-state index is -0.267. The lowest BCUT2D eigenvalue weighted by Crippen LogP contribution is -2.18. The number of anilines is 6. The maximum absolute atomic E-state index is 2.50. The molecule has 0 bridgehead atoms. The van der Waals surface area contributed by atoms with E-state index in [1.807, 2.05) is 0 Å². The standard InChI is InChI=1S/C71H56N2/c1-69(2)62-26-16-14-23-55(62)57-37-34-51(41-64(57)69)72(48-20-8-7-9-21-48)53-36-39-60-66(43-53)71(5,6)67-44-61(54-22-12-13-25-59(54)68(60)67)46-29-31-49(32-30-46)73(50-33-28-45-18-10-11-19-47(45)40-50)52-35-38-58-56-24-15-17-27-63(56)70(3,4)65(58)42-52/h7-44H,1-6H3. The van der Waals surface area contributed by atoms with Gasteiger partial charge in [0.15, 0.2) is 0 Å². The summed E-state index contributed by atoms with van der Waals surface area (Å²) in [4.78, 5) is 4.89. The molecule has 73 heavy (non-hydrogen) atoms. The van der Waals surface area contributed by atoms with Gasteiger partial charge in [0.1, 0.15) is 0 Å². The Bertz CT molecular complexity index is 4060. The van der Waals surface area contributed by atoms with Crippen LogP contribution in [-0.4, -0.2) is 0 Å². The molecule has 0 atom stereocenters. The highest BCUT2D eigenvalue weighted by Gasteiger charge is 2.40. The first-order valence-electron chi connectivity index (χ1n) is 25.9. The summed E-state index contributed by atoms with van der Waals surface area (Å²) in [7, 11) is 0. The fourth-order valence-electron chi connectivity index (χ4n) is 13.2. The number of benzene rings is 11. The van der Waals surface area contributed by atoms with Crippen molar-refractivity contribution in [3.05, 3.63) is 264 Å². The van der Waals surface area contributed by atoms with E-state index in [1.54, 1.807) is 0 Å². The first kappa shape index (κ1) is 43.3. The molecule has 0 spiro atoms. The lowest BCUT2D eigenvalue weighted by Gasteiger charge is -2.29. The van der Waals surface area contributed by atoms with Crippen molar-refractivity contribution in [2.24, 2.45) is 0 Å². The van der Waals surface area contributed by atoms with Gasteiger partial charge < -0.3 is 9.80 Å². The fraction of sp³-hybridized carbons (Fsp3) is 0.127. The van der Waals surface area contributed by atoms with Crippen molar-refractivity contribution in [1.29, 1.82) is 0 Å². The average molecular weight is 937 g/mol. The Morgan fingerprint density at radius 1 is 0.247 bits per heavy atom. The van der Waals surface area contributed by atoms with Crippen LogP contribution in [-0.2, 0) is 16.2 Å². The molecule has 0 unspecified atom stereocenters. The SMILES string of the molecule is CC1(C)c2ccccc2-c2ccc(N(c3ccccc3)c3ccc4c(c3)C(C)(C)c3cc(-c5ccc(N(c6ccc7c(c6)C(C)(C)c6ccccc6-7)c6ccc7ccccc7c6)cc5)c5ccccc5c3-4)cc21. The van der Waals surface area contributed by atoms with Crippen LogP contribution >= 0.6 is 0 Å². The molecule has 0 saturated heterocycles. The molecule has 0 fully saturated rings. The second kappa shape index (κ2) is 15.8. The number of para-hydroxylation sites is 1. The summed E-state index contributed by atoms with van der Waals surface area (Å²) in [5, 5.41) is 5.02. The number of hydrogen-bond donors (Lipinski definition) is 0. The molecule has 0 N–H and O–H groups in total. The molecule has 350 valence electrons. The van der Waals surface area contributed by atoms with E-state index in [1.165, 1.54) is 105 Å². The van der Waals surface area contributed by atoms with E-state index >= 15 is 0 Å². The van der Waals surface area contributed by atoms with Crippen molar-refractivity contribution in [3.63, 3.8) is 0 Å². The second-order valence-electron chi connectivity index (χ2n) is 22.1. The molecular formula is C71H56N2. The van der Waals surface area contributed by atoms with E-state index in [2.05, 4.69) is 282 Å². The van der Waals surface area contributed by atoms with Crippen molar-refractivity contribution in [2.45, 2.75) is 57.8 Å². The third-order valence-electron chi connectivity index (χ3n) is 17.0. The molecule has 0 amide bonds. The Hall–Kier alpha value is -8.46. The van der Waals surface area contributed by atoms with Crippen LogP contribution < -0.4 is 9.80 Å². The predicted octanol–water partition coefficient (Wildman–Crippen LogP) is 19.5. The third kappa shape index (κ3) is 6.42. The zero-order valence-corrected chi connectivity index (χ0v) is 42.3. The summed E-state index contributed by atoms with van der Waals surface area (Å²) < 4.78 is 0. The highest BCUT2D eigenvalue weighted by Crippen LogP contribution is 2.56. The predicted molar refractivity (Wildman–Crippen MR) is 309 cm³/mol. The average Bonchev–Trinajstić information content (AvgIpc) is 3.90. The zero-order chi connectivity index (χ0) is 49.4. The van der Waals surface area contributed by atoms with Crippen molar-refractivity contribution >= 4 is 55.7 Å². The summed E-state index contributed by atoms with van der Waals surface area (Å²) in [5.74, 6) is 0. The van der Waals surface area contributed by atoms with Gasteiger partial charge in [-0.2, -0.15) is 0 Å². The molecule has 14 rings (SSSR count). The first-order valence-corrected chi connectivity index (χ1v) is 25.9. The normalized spacial score (nSPS) is 14.8. The highest BCUT2D eigenvalue weighted by atomic mass is 15.1. The maximum Gasteiger partial charge on any atom is 0.0468 e. The van der Waals surface area contributed by atoms with E-state index in [0.29, 0.717) is 0 Å². The Labute approximate surface area is 429 Å². The van der Waals surface area contributed by atoms with Crippen molar-refractivity contribution < 1.29 is 0 Å². The monoisotopic (exact) mass is 936 g/mol. The van der Waals surface area contributed by atoms with E-state index < -0.39 is 0 Å². The van der Waals surface area contributed by atoms with E-state index in [0.717, 1.165) is 28.4 Å². The van der Waals surface area contributed by atoms with Crippen LogP contribution in [0.3, 0.4) is 0 Å². The van der Waals surface area contributed by atoms with Crippen molar-refractivity contribution in [3.8, 4) is 44.5 Å². The minimum Gasteiger partial charge on any atom is -0.310 e. The first-order chi connectivity index (χ1) is 35.5.